The van der Waals surface area contributed by atoms with E-state index in [1.807, 2.05) is 5.48 Å². The maximum absolute atomic E-state index is 12.7. The van der Waals surface area contributed by atoms with Crippen LogP contribution in [0, 0.1) is 5.82 Å². The molecule has 0 aliphatic rings. The molecule has 0 radical (unpaired) electrons. The van der Waals surface area contributed by atoms with E-state index in [1.165, 1.54) is 18.2 Å². The van der Waals surface area contributed by atoms with Gasteiger partial charge < -0.3 is 5.02 Å². The SMILES string of the molecule is C=CC(=O)NOB(O)c1cccc(F)c1. The van der Waals surface area contributed by atoms with Gasteiger partial charge in [-0.2, -0.15) is 0 Å². The smallest absolute Gasteiger partial charge is 0.422 e. The second kappa shape index (κ2) is 5.28. The summed E-state index contributed by atoms with van der Waals surface area (Å²) in [6.45, 7) is 3.19. The van der Waals surface area contributed by atoms with Crippen molar-refractivity contribution in [3.8, 4) is 0 Å². The molecule has 0 saturated heterocycles. The van der Waals surface area contributed by atoms with Crippen LogP contribution in [-0.4, -0.2) is 18.0 Å². The summed E-state index contributed by atoms with van der Waals surface area (Å²) in [5, 5.41) is 9.35. The van der Waals surface area contributed by atoms with Crippen molar-refractivity contribution in [2.75, 3.05) is 0 Å². The summed E-state index contributed by atoms with van der Waals surface area (Å²) in [6.07, 6.45) is 0.984. The summed E-state index contributed by atoms with van der Waals surface area (Å²) in [6, 6.07) is 5.23. The van der Waals surface area contributed by atoms with E-state index in [-0.39, 0.29) is 5.46 Å². The molecule has 4 nitrogen and oxygen atoms in total. The quantitative estimate of drug-likeness (QED) is 0.408. The molecule has 1 aromatic rings. The lowest BCUT2D eigenvalue weighted by atomic mass is 9.80. The zero-order valence-electron chi connectivity index (χ0n) is 7.81. The molecular formula is C9H9BFNO3. The average Bonchev–Trinajstić information content (AvgIpc) is 2.25. The number of amides is 1. The first-order valence-electron chi connectivity index (χ1n) is 4.15. The van der Waals surface area contributed by atoms with Crippen molar-refractivity contribution in [1.82, 2.24) is 5.48 Å². The molecule has 0 atom stereocenters. The molecule has 0 unspecified atom stereocenters. The third kappa shape index (κ3) is 3.53. The largest absolute Gasteiger partial charge is 0.514 e. The molecule has 0 spiro atoms. The molecule has 0 aliphatic heterocycles. The Morgan fingerprint density at radius 1 is 1.67 bits per heavy atom. The Kier molecular flexibility index (Phi) is 4.02. The van der Waals surface area contributed by atoms with Gasteiger partial charge in [0.15, 0.2) is 0 Å². The van der Waals surface area contributed by atoms with Gasteiger partial charge in [-0.05, 0) is 23.7 Å². The van der Waals surface area contributed by atoms with Crippen LogP contribution in [-0.2, 0) is 9.55 Å². The first-order chi connectivity index (χ1) is 7.13. The third-order valence-electron chi connectivity index (χ3n) is 1.59. The fourth-order valence-corrected chi connectivity index (χ4v) is 0.884. The molecule has 2 N–H and O–H groups in total. The van der Waals surface area contributed by atoms with E-state index < -0.39 is 18.8 Å². The van der Waals surface area contributed by atoms with Crippen molar-refractivity contribution in [2.24, 2.45) is 0 Å². The van der Waals surface area contributed by atoms with E-state index in [0.29, 0.717) is 0 Å². The van der Waals surface area contributed by atoms with Crippen LogP contribution in [0.5, 0.6) is 0 Å². The minimum absolute atomic E-state index is 0.208. The Labute approximate surface area is 86.5 Å². The molecule has 6 heteroatoms. The van der Waals surface area contributed by atoms with E-state index in [4.69, 9.17) is 0 Å². The van der Waals surface area contributed by atoms with Crippen molar-refractivity contribution < 1.29 is 19.0 Å². The first-order valence-corrected chi connectivity index (χ1v) is 4.15. The number of rotatable bonds is 4. The van der Waals surface area contributed by atoms with Crippen LogP contribution in [0.25, 0.3) is 0 Å². The molecule has 0 heterocycles. The number of halogens is 1. The predicted octanol–water partition coefficient (Wildman–Crippen LogP) is -0.253. The van der Waals surface area contributed by atoms with E-state index in [9.17, 15) is 14.2 Å². The minimum Gasteiger partial charge on any atom is -0.422 e. The maximum atomic E-state index is 12.7. The zero-order chi connectivity index (χ0) is 11.3. The predicted molar refractivity (Wildman–Crippen MR) is 53.4 cm³/mol. The molecule has 0 saturated carbocycles. The normalized spacial score (nSPS) is 9.47. The highest BCUT2D eigenvalue weighted by molar-refractivity contribution is 6.59. The summed E-state index contributed by atoms with van der Waals surface area (Å²) >= 11 is 0. The van der Waals surface area contributed by atoms with Crippen molar-refractivity contribution in [3.05, 3.63) is 42.7 Å². The summed E-state index contributed by atoms with van der Waals surface area (Å²) in [5.41, 5.74) is 2.13. The van der Waals surface area contributed by atoms with Crippen LogP contribution in [0.1, 0.15) is 0 Å². The molecule has 15 heavy (non-hydrogen) atoms. The lowest BCUT2D eigenvalue weighted by Crippen LogP contribution is -2.40. The van der Waals surface area contributed by atoms with Crippen molar-refractivity contribution in [2.45, 2.75) is 0 Å². The average molecular weight is 209 g/mol. The Morgan fingerprint density at radius 3 is 3.00 bits per heavy atom. The number of carbonyl (C=O) groups is 1. The van der Waals surface area contributed by atoms with Gasteiger partial charge in [-0.15, -0.1) is 0 Å². The van der Waals surface area contributed by atoms with Crippen LogP contribution >= 0.6 is 0 Å². The fourth-order valence-electron chi connectivity index (χ4n) is 0.884. The van der Waals surface area contributed by atoms with Gasteiger partial charge in [0.05, 0.1) is 0 Å². The van der Waals surface area contributed by atoms with Crippen LogP contribution in [0.4, 0.5) is 4.39 Å². The van der Waals surface area contributed by atoms with E-state index in [2.05, 4.69) is 11.3 Å². The van der Waals surface area contributed by atoms with E-state index in [1.54, 1.807) is 0 Å². The van der Waals surface area contributed by atoms with E-state index in [0.717, 1.165) is 12.1 Å². The van der Waals surface area contributed by atoms with E-state index >= 15 is 0 Å². The Hall–Kier alpha value is -1.66. The highest BCUT2D eigenvalue weighted by atomic mass is 19.1. The Bertz CT molecular complexity index is 372. The second-order valence-corrected chi connectivity index (χ2v) is 2.70. The summed E-state index contributed by atoms with van der Waals surface area (Å²) in [7, 11) is -1.41. The number of carbonyl (C=O) groups excluding carboxylic acids is 1. The molecule has 0 aromatic heterocycles. The number of hydroxylamine groups is 1. The third-order valence-corrected chi connectivity index (χ3v) is 1.59. The van der Waals surface area contributed by atoms with Gasteiger partial charge in [0.2, 0.25) is 0 Å². The van der Waals surface area contributed by atoms with Crippen molar-refractivity contribution in [1.29, 1.82) is 0 Å². The Balaban J connectivity index is 2.57. The lowest BCUT2D eigenvalue weighted by Gasteiger charge is -2.07. The minimum atomic E-state index is -1.41. The van der Waals surface area contributed by atoms with Gasteiger partial charge in [-0.1, -0.05) is 18.7 Å². The van der Waals surface area contributed by atoms with Gasteiger partial charge in [0.25, 0.3) is 5.91 Å². The molecular weight excluding hydrogens is 200 g/mol. The second-order valence-electron chi connectivity index (χ2n) is 2.70. The number of hydrogen-bond acceptors (Lipinski definition) is 3. The van der Waals surface area contributed by atoms with Gasteiger partial charge in [-0.3, -0.25) is 9.55 Å². The van der Waals surface area contributed by atoms with Crippen LogP contribution in [0.3, 0.4) is 0 Å². The lowest BCUT2D eigenvalue weighted by molar-refractivity contribution is -0.123. The number of hydrogen-bond donors (Lipinski definition) is 2. The zero-order valence-corrected chi connectivity index (χ0v) is 7.81. The monoisotopic (exact) mass is 209 g/mol. The Morgan fingerprint density at radius 2 is 2.40 bits per heavy atom. The number of benzene rings is 1. The van der Waals surface area contributed by atoms with Crippen LogP contribution < -0.4 is 10.9 Å². The maximum Gasteiger partial charge on any atom is 0.514 e. The summed E-state index contributed by atoms with van der Waals surface area (Å²) < 4.78 is 17.3. The van der Waals surface area contributed by atoms with Crippen LogP contribution in [0.2, 0.25) is 0 Å². The molecule has 1 rings (SSSR count). The molecule has 0 fully saturated rings. The first kappa shape index (κ1) is 11.4. The van der Waals surface area contributed by atoms with Gasteiger partial charge >= 0.3 is 7.12 Å². The summed E-state index contributed by atoms with van der Waals surface area (Å²) in [4.78, 5) is 10.7. The standard InChI is InChI=1S/C9H9BFNO3/c1-2-9(13)12-15-10(14)7-4-3-5-8(11)6-7/h2-6,14H,1H2,(H,12,13). The highest BCUT2D eigenvalue weighted by Crippen LogP contribution is 1.93. The highest BCUT2D eigenvalue weighted by Gasteiger charge is 2.17. The topological polar surface area (TPSA) is 58.6 Å². The van der Waals surface area contributed by atoms with Crippen molar-refractivity contribution in [3.63, 3.8) is 0 Å². The van der Waals surface area contributed by atoms with Crippen LogP contribution in [0.15, 0.2) is 36.9 Å². The summed E-state index contributed by atoms with van der Waals surface area (Å²) in [5.74, 6) is -1.09. The molecule has 0 bridgehead atoms. The van der Waals surface area contributed by atoms with Crippen molar-refractivity contribution >= 4 is 18.5 Å². The number of nitrogens with one attached hydrogen (secondary N) is 1. The van der Waals surface area contributed by atoms with Gasteiger partial charge in [0, 0.05) is 0 Å². The molecule has 78 valence electrons. The van der Waals surface area contributed by atoms with Gasteiger partial charge in [-0.25, -0.2) is 9.87 Å². The molecule has 1 amide bonds. The fraction of sp³-hybridized carbons (Fsp3) is 0. The molecule has 1 aromatic carbocycles. The molecule has 0 aliphatic carbocycles. The van der Waals surface area contributed by atoms with Gasteiger partial charge in [0.1, 0.15) is 5.82 Å².